The van der Waals surface area contributed by atoms with Gasteiger partial charge in [-0.2, -0.15) is 0 Å². The summed E-state index contributed by atoms with van der Waals surface area (Å²) in [6.07, 6.45) is 0. The number of hydrogen-bond donors (Lipinski definition) is 0. The second-order valence-electron chi connectivity index (χ2n) is 12.0. The van der Waals surface area contributed by atoms with E-state index < -0.39 is 0 Å². The molecule has 0 bridgehead atoms. The lowest BCUT2D eigenvalue weighted by Gasteiger charge is -2.13. The van der Waals surface area contributed by atoms with Crippen LogP contribution in [0.3, 0.4) is 0 Å². The molecule has 0 spiro atoms. The quantitative estimate of drug-likeness (QED) is 0.194. The number of nitrogens with zero attached hydrogens (tertiary/aromatic N) is 4. The largest absolute Gasteiger partial charge is 0.309 e. The molecule has 0 unspecified atom stereocenters. The van der Waals surface area contributed by atoms with Crippen molar-refractivity contribution in [1.82, 2.24) is 19.5 Å². The van der Waals surface area contributed by atoms with E-state index >= 15 is 0 Å². The monoisotopic (exact) mass is 630 g/mol. The highest BCUT2D eigenvalue weighted by molar-refractivity contribution is 7.26. The van der Waals surface area contributed by atoms with Crippen molar-refractivity contribution in [3.05, 3.63) is 158 Å². The van der Waals surface area contributed by atoms with Crippen LogP contribution in [0.1, 0.15) is 0 Å². The van der Waals surface area contributed by atoms with Crippen molar-refractivity contribution >= 4 is 64.1 Å². The van der Waals surface area contributed by atoms with Gasteiger partial charge in [0.05, 0.1) is 11.0 Å². The summed E-state index contributed by atoms with van der Waals surface area (Å²) in [6, 6.07) is 55.4. The van der Waals surface area contributed by atoms with Crippen LogP contribution in [0.15, 0.2) is 158 Å². The van der Waals surface area contributed by atoms with Crippen LogP contribution in [0.5, 0.6) is 0 Å². The van der Waals surface area contributed by atoms with Crippen molar-refractivity contribution in [2.75, 3.05) is 0 Å². The summed E-state index contributed by atoms with van der Waals surface area (Å²) in [6.45, 7) is 0. The molecule has 0 radical (unpaired) electrons. The van der Waals surface area contributed by atoms with Crippen LogP contribution in [0.2, 0.25) is 0 Å². The van der Waals surface area contributed by atoms with Gasteiger partial charge in [0.15, 0.2) is 17.5 Å². The molecule has 7 aromatic carbocycles. The highest BCUT2D eigenvalue weighted by Crippen LogP contribution is 2.44. The molecule has 0 saturated carbocycles. The van der Waals surface area contributed by atoms with Crippen molar-refractivity contribution in [1.29, 1.82) is 0 Å². The Balaban J connectivity index is 1.29. The standard InChI is InChI=1S/C43H26N4S/c1-3-13-27(14-4-1)41-44-42(29-23-24-33-32-19-9-11-21-35(32)47(36(33)25-29)30-16-5-2-6-17-30)46-43(45-41)40-31-18-8-7-15-28(31)26-38-39(40)34-20-10-12-22-37(34)48-38/h1-26H. The summed E-state index contributed by atoms with van der Waals surface area (Å²) in [4.78, 5) is 15.7. The fraction of sp³-hybridized carbons (Fsp3) is 0. The number of para-hydroxylation sites is 2. The van der Waals surface area contributed by atoms with Crippen molar-refractivity contribution in [2.24, 2.45) is 0 Å². The molecule has 10 aromatic rings. The molecule has 0 atom stereocenters. The Labute approximate surface area is 280 Å². The second kappa shape index (κ2) is 10.7. The van der Waals surface area contributed by atoms with E-state index in [1.807, 2.05) is 29.5 Å². The van der Waals surface area contributed by atoms with Gasteiger partial charge in [-0.15, -0.1) is 11.3 Å². The van der Waals surface area contributed by atoms with Crippen molar-refractivity contribution in [3.63, 3.8) is 0 Å². The van der Waals surface area contributed by atoms with Crippen LogP contribution in [0.4, 0.5) is 0 Å². The average Bonchev–Trinajstić information content (AvgIpc) is 3.69. The topological polar surface area (TPSA) is 43.6 Å². The fourth-order valence-corrected chi connectivity index (χ4v) is 8.24. The molecule has 224 valence electrons. The molecular weight excluding hydrogens is 605 g/mol. The highest BCUT2D eigenvalue weighted by Gasteiger charge is 2.21. The van der Waals surface area contributed by atoms with Crippen LogP contribution in [0.25, 0.3) is 92.6 Å². The molecule has 0 saturated heterocycles. The van der Waals surface area contributed by atoms with E-state index in [0.29, 0.717) is 17.5 Å². The Bertz CT molecular complexity index is 2830. The van der Waals surface area contributed by atoms with Crippen LogP contribution in [0, 0.1) is 0 Å². The average molecular weight is 631 g/mol. The first-order chi connectivity index (χ1) is 23.8. The van der Waals surface area contributed by atoms with E-state index in [1.54, 1.807) is 0 Å². The zero-order chi connectivity index (χ0) is 31.6. The maximum atomic E-state index is 5.32. The number of fused-ring (bicyclic) bond motifs is 7. The lowest BCUT2D eigenvalue weighted by Crippen LogP contribution is -2.01. The molecule has 48 heavy (non-hydrogen) atoms. The van der Waals surface area contributed by atoms with E-state index in [9.17, 15) is 0 Å². The zero-order valence-electron chi connectivity index (χ0n) is 25.7. The Morgan fingerprint density at radius 3 is 1.88 bits per heavy atom. The molecule has 5 heteroatoms. The van der Waals surface area contributed by atoms with E-state index in [2.05, 4.69) is 144 Å². The van der Waals surface area contributed by atoms with E-state index in [1.165, 1.54) is 41.8 Å². The lowest BCUT2D eigenvalue weighted by molar-refractivity contribution is 1.08. The SMILES string of the molecule is c1ccc(-c2nc(-c3ccc4c5ccccc5n(-c5ccccc5)c4c3)nc(-c3c4ccccc4cc4sc5ccccc5c34)n2)cc1. The first-order valence-corrected chi connectivity index (χ1v) is 16.9. The van der Waals surface area contributed by atoms with Gasteiger partial charge in [-0.3, -0.25) is 0 Å². The maximum absolute atomic E-state index is 5.32. The number of thiophene rings is 1. The number of hydrogen-bond acceptors (Lipinski definition) is 4. The van der Waals surface area contributed by atoms with Crippen molar-refractivity contribution in [2.45, 2.75) is 0 Å². The van der Waals surface area contributed by atoms with Gasteiger partial charge in [-0.05, 0) is 47.2 Å². The highest BCUT2D eigenvalue weighted by atomic mass is 32.1. The third kappa shape index (κ3) is 4.18. The van der Waals surface area contributed by atoms with Gasteiger partial charge >= 0.3 is 0 Å². The Morgan fingerprint density at radius 1 is 0.417 bits per heavy atom. The Hall–Kier alpha value is -6.17. The first-order valence-electron chi connectivity index (χ1n) is 16.0. The molecule has 3 heterocycles. The smallest absolute Gasteiger partial charge is 0.165 e. The van der Waals surface area contributed by atoms with Crippen molar-refractivity contribution < 1.29 is 0 Å². The molecule has 0 N–H and O–H groups in total. The maximum Gasteiger partial charge on any atom is 0.165 e. The molecule has 10 rings (SSSR count). The normalized spacial score (nSPS) is 11.8. The van der Waals surface area contributed by atoms with Crippen LogP contribution in [-0.4, -0.2) is 19.5 Å². The van der Waals surface area contributed by atoms with Crippen LogP contribution >= 0.6 is 11.3 Å². The van der Waals surface area contributed by atoms with Crippen molar-refractivity contribution in [3.8, 4) is 39.9 Å². The molecule has 0 aliphatic carbocycles. The number of benzene rings is 7. The van der Waals surface area contributed by atoms with Gasteiger partial charge in [0.2, 0.25) is 0 Å². The first kappa shape index (κ1) is 27.0. The summed E-state index contributed by atoms with van der Waals surface area (Å²) in [5.74, 6) is 1.97. The van der Waals surface area contributed by atoms with Gasteiger partial charge < -0.3 is 4.57 Å². The van der Waals surface area contributed by atoms with E-state index in [0.717, 1.165) is 33.3 Å². The summed E-state index contributed by atoms with van der Waals surface area (Å²) in [5, 5.41) is 7.11. The summed E-state index contributed by atoms with van der Waals surface area (Å²) in [7, 11) is 0. The predicted molar refractivity (Wildman–Crippen MR) is 201 cm³/mol. The molecule has 4 nitrogen and oxygen atoms in total. The lowest BCUT2D eigenvalue weighted by atomic mass is 9.98. The van der Waals surface area contributed by atoms with E-state index in [-0.39, 0.29) is 0 Å². The zero-order valence-corrected chi connectivity index (χ0v) is 26.5. The van der Waals surface area contributed by atoms with Gasteiger partial charge in [0, 0.05) is 53.3 Å². The van der Waals surface area contributed by atoms with Crippen LogP contribution in [-0.2, 0) is 0 Å². The summed E-state index contributed by atoms with van der Waals surface area (Å²) in [5.41, 5.74) is 6.33. The van der Waals surface area contributed by atoms with Gasteiger partial charge in [0.1, 0.15) is 0 Å². The third-order valence-corrected chi connectivity index (χ3v) is 10.3. The summed E-state index contributed by atoms with van der Waals surface area (Å²) < 4.78 is 4.81. The Kier molecular flexibility index (Phi) is 6.01. The van der Waals surface area contributed by atoms with Gasteiger partial charge in [-0.25, -0.2) is 15.0 Å². The minimum atomic E-state index is 0.645. The molecular formula is C43H26N4S. The Morgan fingerprint density at radius 2 is 1.04 bits per heavy atom. The predicted octanol–water partition coefficient (Wildman–Crippen LogP) is 11.5. The van der Waals surface area contributed by atoms with Gasteiger partial charge in [0.25, 0.3) is 0 Å². The molecule has 0 fully saturated rings. The number of aromatic nitrogens is 4. The third-order valence-electron chi connectivity index (χ3n) is 9.23. The van der Waals surface area contributed by atoms with Gasteiger partial charge in [-0.1, -0.05) is 121 Å². The molecule has 3 aromatic heterocycles. The fourth-order valence-electron chi connectivity index (χ4n) is 7.08. The number of rotatable bonds is 4. The minimum Gasteiger partial charge on any atom is -0.309 e. The van der Waals surface area contributed by atoms with Crippen LogP contribution < -0.4 is 0 Å². The minimum absolute atomic E-state index is 0.645. The molecule has 0 aliphatic rings. The molecule has 0 amide bonds. The summed E-state index contributed by atoms with van der Waals surface area (Å²) >= 11 is 1.82. The van der Waals surface area contributed by atoms with E-state index in [4.69, 9.17) is 15.0 Å². The second-order valence-corrected chi connectivity index (χ2v) is 13.1. The molecule has 0 aliphatic heterocycles.